The van der Waals surface area contributed by atoms with E-state index in [0.717, 1.165) is 50.6 Å². The highest BCUT2D eigenvalue weighted by Gasteiger charge is 2.14. The van der Waals surface area contributed by atoms with Gasteiger partial charge in [-0.1, -0.05) is 113 Å². The van der Waals surface area contributed by atoms with Gasteiger partial charge in [-0.15, -0.1) is 0 Å². The van der Waals surface area contributed by atoms with E-state index in [9.17, 15) is 19.5 Å². The number of amides is 1. The highest BCUT2D eigenvalue weighted by atomic mass is 16.3. The number of carbonyl (C=O) groups excluding carboxylic acids is 3. The first kappa shape index (κ1) is 47.8. The third kappa shape index (κ3) is 24.8. The molecule has 0 radical (unpaired) electrons. The van der Waals surface area contributed by atoms with Crippen molar-refractivity contribution in [2.24, 2.45) is 23.5 Å². The van der Waals surface area contributed by atoms with E-state index in [2.05, 4.69) is 55.3 Å². The molecule has 0 aliphatic rings. The Morgan fingerprint density at radius 3 is 2.02 bits per heavy atom. The first-order chi connectivity index (χ1) is 23.8. The molecular formula is C42H66N4O4. The van der Waals surface area contributed by atoms with Crippen LogP contribution in [0, 0.1) is 23.2 Å². The molecule has 3 atom stereocenters. The Kier molecular flexibility index (Phi) is 29.4. The molecule has 0 bridgehead atoms. The van der Waals surface area contributed by atoms with Crippen LogP contribution in [-0.4, -0.2) is 54.5 Å². The molecule has 0 aromatic heterocycles. The number of hydrogen-bond acceptors (Lipinski definition) is 6. The largest absolute Gasteiger partial charge is 0.510 e. The Hall–Kier alpha value is -4.30. The number of nitrogens with zero attached hydrogens (tertiary/aromatic N) is 1. The monoisotopic (exact) mass is 691 g/mol. The average molecular weight is 691 g/mol. The number of aliphatic hydroxyl groups is 1. The van der Waals surface area contributed by atoms with E-state index >= 15 is 0 Å². The fourth-order valence-electron chi connectivity index (χ4n) is 4.53. The molecule has 278 valence electrons. The summed E-state index contributed by atoms with van der Waals surface area (Å²) in [6.45, 7) is 13.8. The van der Waals surface area contributed by atoms with Crippen LogP contribution in [0.25, 0.3) is 0 Å². The number of aliphatic hydroxyl groups excluding tert-OH is 1. The van der Waals surface area contributed by atoms with Crippen molar-refractivity contribution in [3.05, 3.63) is 108 Å². The van der Waals surface area contributed by atoms with E-state index in [1.807, 2.05) is 62.3 Å². The summed E-state index contributed by atoms with van der Waals surface area (Å²) in [5, 5.41) is 19.5. The Labute approximate surface area is 303 Å². The van der Waals surface area contributed by atoms with Gasteiger partial charge >= 0.3 is 0 Å². The molecule has 0 spiro atoms. The first-order valence-corrected chi connectivity index (χ1v) is 17.8. The van der Waals surface area contributed by atoms with Gasteiger partial charge in [-0.2, -0.15) is 0 Å². The summed E-state index contributed by atoms with van der Waals surface area (Å²) in [5.41, 5.74) is 5.63. The van der Waals surface area contributed by atoms with Gasteiger partial charge in [-0.3, -0.25) is 19.8 Å². The lowest BCUT2D eigenvalue weighted by atomic mass is 9.94. The van der Waals surface area contributed by atoms with Crippen LogP contribution in [0.5, 0.6) is 0 Å². The van der Waals surface area contributed by atoms with E-state index in [0.29, 0.717) is 17.4 Å². The van der Waals surface area contributed by atoms with E-state index in [1.54, 1.807) is 32.1 Å². The number of hydrogen-bond donors (Lipinski definition) is 4. The molecule has 0 fully saturated rings. The average Bonchev–Trinajstić information content (AvgIpc) is 3.10. The summed E-state index contributed by atoms with van der Waals surface area (Å²) in [6.07, 6.45) is 35.4. The smallest absolute Gasteiger partial charge is 0.251 e. The zero-order chi connectivity index (χ0) is 38.3. The number of nitrogens with one attached hydrogen (secondary N) is 2. The predicted molar refractivity (Wildman–Crippen MR) is 213 cm³/mol. The van der Waals surface area contributed by atoms with Crippen molar-refractivity contribution in [1.82, 2.24) is 10.2 Å². The van der Waals surface area contributed by atoms with Crippen LogP contribution in [0.1, 0.15) is 93.4 Å². The maximum atomic E-state index is 12.8. The number of ketones is 2. The Morgan fingerprint density at radius 2 is 1.42 bits per heavy atom. The van der Waals surface area contributed by atoms with Crippen molar-refractivity contribution in [1.29, 1.82) is 5.41 Å². The van der Waals surface area contributed by atoms with Crippen LogP contribution >= 0.6 is 0 Å². The van der Waals surface area contributed by atoms with Crippen molar-refractivity contribution < 1.29 is 19.5 Å². The van der Waals surface area contributed by atoms with Gasteiger partial charge in [0.2, 0.25) is 0 Å². The highest BCUT2D eigenvalue weighted by molar-refractivity contribution is 6.02. The number of nitrogens with two attached hydrogens (primary N) is 1. The summed E-state index contributed by atoms with van der Waals surface area (Å²) in [4.78, 5) is 38.7. The van der Waals surface area contributed by atoms with Crippen molar-refractivity contribution in [3.63, 3.8) is 0 Å². The molecule has 0 aromatic rings. The molecule has 3 unspecified atom stereocenters. The van der Waals surface area contributed by atoms with Crippen molar-refractivity contribution in [2.45, 2.75) is 93.4 Å². The van der Waals surface area contributed by atoms with E-state index in [-0.39, 0.29) is 29.6 Å². The fourth-order valence-corrected chi connectivity index (χ4v) is 4.53. The van der Waals surface area contributed by atoms with Gasteiger partial charge in [-0.05, 0) is 76.8 Å². The van der Waals surface area contributed by atoms with E-state index in [1.165, 1.54) is 20.3 Å². The summed E-state index contributed by atoms with van der Waals surface area (Å²) in [5.74, 6) is -0.198. The van der Waals surface area contributed by atoms with Crippen LogP contribution in [0.15, 0.2) is 108 Å². The van der Waals surface area contributed by atoms with Gasteiger partial charge in [0.15, 0.2) is 11.6 Å². The molecule has 1 amide bonds. The summed E-state index contributed by atoms with van der Waals surface area (Å²) < 4.78 is 0. The summed E-state index contributed by atoms with van der Waals surface area (Å²) in [6, 6.07) is 0. The molecule has 0 heterocycles. The maximum absolute atomic E-state index is 12.8. The third-order valence-electron chi connectivity index (χ3n) is 7.59. The maximum Gasteiger partial charge on any atom is 0.251 e. The molecule has 0 aliphatic heterocycles. The molecular weight excluding hydrogens is 624 g/mol. The fraction of sp³-hybridized carbons (Fsp3) is 0.476. The highest BCUT2D eigenvalue weighted by Crippen LogP contribution is 2.16. The second kappa shape index (κ2) is 30.7. The van der Waals surface area contributed by atoms with Crippen LogP contribution in [0.3, 0.4) is 0 Å². The van der Waals surface area contributed by atoms with Gasteiger partial charge in [-0.25, -0.2) is 0 Å². The Balaban J connectivity index is 0. The van der Waals surface area contributed by atoms with Crippen LogP contribution in [-0.2, 0) is 14.4 Å². The molecule has 0 aromatic carbocycles. The molecule has 0 saturated carbocycles. The molecule has 5 N–H and O–H groups in total. The van der Waals surface area contributed by atoms with Crippen molar-refractivity contribution in [3.8, 4) is 0 Å². The topological polar surface area (TPSA) is 137 Å². The zero-order valence-corrected chi connectivity index (χ0v) is 32.2. The van der Waals surface area contributed by atoms with Gasteiger partial charge in [0.05, 0.1) is 6.34 Å². The first-order valence-electron chi connectivity index (χ1n) is 17.8. The number of unbranched alkanes of at least 4 members (excludes halogenated alkanes) is 2. The normalized spacial score (nSPS) is 15.1. The number of rotatable bonds is 24. The van der Waals surface area contributed by atoms with Crippen LogP contribution < -0.4 is 11.1 Å². The lowest BCUT2D eigenvalue weighted by molar-refractivity contribution is -0.120. The summed E-state index contributed by atoms with van der Waals surface area (Å²) >= 11 is 0. The zero-order valence-electron chi connectivity index (χ0n) is 32.2. The number of Topliss-reactive ketones (excluding diaryl/α,β-unsaturated/α-hetero) is 2. The number of carbonyl (C=O) groups is 3. The molecule has 0 rings (SSSR count). The molecule has 50 heavy (non-hydrogen) atoms. The van der Waals surface area contributed by atoms with E-state index in [4.69, 9.17) is 5.41 Å². The Morgan fingerprint density at radius 1 is 0.820 bits per heavy atom. The SMILES string of the molecule is CC/C(O)=C(/NC(=O)/C(C)=C/C=C/C=C/C=C/C=C/C(C)C(=O)/C(C)=C/C(C)CCC/C=C/C(C)C/C=C/CCCN(C)C=N)C(C)=O.CN. The second-order valence-corrected chi connectivity index (χ2v) is 12.4. The van der Waals surface area contributed by atoms with Gasteiger partial charge in [0.25, 0.3) is 5.91 Å². The molecule has 8 nitrogen and oxygen atoms in total. The predicted octanol–water partition coefficient (Wildman–Crippen LogP) is 9.03. The quantitative estimate of drug-likeness (QED) is 0.0152. The second-order valence-electron chi connectivity index (χ2n) is 12.4. The van der Waals surface area contributed by atoms with Crippen molar-refractivity contribution >= 4 is 23.8 Å². The minimum absolute atomic E-state index is 0.0778. The third-order valence-corrected chi connectivity index (χ3v) is 7.59. The van der Waals surface area contributed by atoms with Gasteiger partial charge in [0.1, 0.15) is 11.5 Å². The minimum Gasteiger partial charge on any atom is -0.510 e. The van der Waals surface area contributed by atoms with Gasteiger partial charge in [0, 0.05) is 38.4 Å². The van der Waals surface area contributed by atoms with Crippen LogP contribution in [0.2, 0.25) is 0 Å². The molecule has 8 heteroatoms. The standard InChI is InChI=1S/C41H61N3O4.CH5N/c1-9-38(46)39(37(7)45)43-41(48)35(5)28-22-14-12-10-11-13-21-27-34(4)40(47)36(6)30-33(3)26-20-17-19-25-32(2)24-18-15-16-23-29-44(8)31-42;1-2/h10-15,18-19,21-22,25,27-28,30-34,42,46H,9,16-17,20,23-24,26,29H2,1-8H3,(H,43,48);2H2,1H3/b12-10+,13-11+,18-15+,22-14+,25-19+,27-21+,35-28+,36-30+,39-38-,42-31?;. The van der Waals surface area contributed by atoms with Crippen LogP contribution in [0.4, 0.5) is 0 Å². The lowest BCUT2D eigenvalue weighted by Gasteiger charge is -2.10. The Bertz CT molecular complexity index is 1290. The molecule has 0 aliphatic carbocycles. The molecule has 0 saturated heterocycles. The van der Waals surface area contributed by atoms with E-state index < -0.39 is 11.7 Å². The van der Waals surface area contributed by atoms with Gasteiger partial charge < -0.3 is 21.1 Å². The summed E-state index contributed by atoms with van der Waals surface area (Å²) in [7, 11) is 3.43. The minimum atomic E-state index is -0.452. The number of allylic oxidation sites excluding steroid dienone is 17. The van der Waals surface area contributed by atoms with Crippen molar-refractivity contribution in [2.75, 3.05) is 20.6 Å². The lowest BCUT2D eigenvalue weighted by Crippen LogP contribution is -2.28.